The highest BCUT2D eigenvalue weighted by Crippen LogP contribution is 2.28. The molecule has 1 aromatic heterocycles. The van der Waals surface area contributed by atoms with Gasteiger partial charge in [0.25, 0.3) is 6.43 Å². The highest BCUT2D eigenvalue weighted by atomic mass is 35.5. The second-order valence-electron chi connectivity index (χ2n) is 2.94. The highest BCUT2D eigenvalue weighted by Gasteiger charge is 2.17. The molecule has 2 nitrogen and oxygen atoms in total. The fourth-order valence-electron chi connectivity index (χ4n) is 1.24. The van der Waals surface area contributed by atoms with E-state index < -0.39 is 6.43 Å². The van der Waals surface area contributed by atoms with Gasteiger partial charge in [-0.15, -0.1) is 0 Å². The Morgan fingerprint density at radius 3 is 2.40 bits per heavy atom. The summed E-state index contributed by atoms with van der Waals surface area (Å²) < 4.78 is 26.1. The molecule has 0 bridgehead atoms. The van der Waals surface area contributed by atoms with Crippen molar-refractivity contribution in [2.75, 3.05) is 0 Å². The van der Waals surface area contributed by atoms with E-state index in [1.807, 2.05) is 6.07 Å². The summed E-state index contributed by atoms with van der Waals surface area (Å²) >= 11 is 5.77. The van der Waals surface area contributed by atoms with Crippen molar-refractivity contribution in [1.29, 1.82) is 0 Å². The number of halogens is 3. The second-order valence-corrected chi connectivity index (χ2v) is 3.30. The van der Waals surface area contributed by atoms with Gasteiger partial charge in [-0.25, -0.2) is 13.5 Å². The molecule has 0 saturated heterocycles. The first kappa shape index (κ1) is 10.1. The lowest BCUT2D eigenvalue weighted by molar-refractivity contribution is 0.151. The largest absolute Gasteiger partial charge is 0.268 e. The number of hydrogen-bond donors (Lipinski definition) is 0. The first-order valence-corrected chi connectivity index (χ1v) is 4.65. The Hall–Kier alpha value is -1.42. The zero-order valence-electron chi connectivity index (χ0n) is 7.57. The van der Waals surface area contributed by atoms with Gasteiger partial charge in [-0.05, 0) is 12.1 Å². The topological polar surface area (TPSA) is 17.8 Å². The maximum Gasteiger partial charge on any atom is 0.268 e. The lowest BCUT2D eigenvalue weighted by atomic mass is 10.3. The van der Waals surface area contributed by atoms with Crippen LogP contribution in [0, 0.1) is 0 Å². The van der Waals surface area contributed by atoms with Crippen LogP contribution in [0.4, 0.5) is 8.78 Å². The molecule has 0 amide bonds. The highest BCUT2D eigenvalue weighted by molar-refractivity contribution is 6.30. The molecule has 15 heavy (non-hydrogen) atoms. The number of benzene rings is 1. The predicted octanol–water partition coefficient (Wildman–Crippen LogP) is 3.46. The van der Waals surface area contributed by atoms with E-state index in [4.69, 9.17) is 11.6 Å². The van der Waals surface area contributed by atoms with E-state index in [0.717, 1.165) is 6.20 Å². The molecule has 0 fully saturated rings. The van der Waals surface area contributed by atoms with Gasteiger partial charge in [-0.2, -0.15) is 5.10 Å². The third-order valence-corrected chi connectivity index (χ3v) is 2.35. The third kappa shape index (κ3) is 1.85. The minimum absolute atomic E-state index is 0.0452. The minimum atomic E-state index is -2.60. The van der Waals surface area contributed by atoms with E-state index in [1.165, 1.54) is 4.68 Å². The Bertz CT molecular complexity index is 454. The fraction of sp³-hybridized carbons (Fsp3) is 0.100. The van der Waals surface area contributed by atoms with Crippen LogP contribution in [0.2, 0.25) is 5.15 Å². The molecule has 0 radical (unpaired) electrons. The average Bonchev–Trinajstić information content (AvgIpc) is 2.61. The summed E-state index contributed by atoms with van der Waals surface area (Å²) in [5, 5.41) is 3.77. The quantitative estimate of drug-likeness (QED) is 0.770. The van der Waals surface area contributed by atoms with Gasteiger partial charge >= 0.3 is 0 Å². The maximum atomic E-state index is 12.4. The van der Waals surface area contributed by atoms with E-state index in [9.17, 15) is 8.78 Å². The lowest BCUT2D eigenvalue weighted by Gasteiger charge is -2.02. The molecule has 78 valence electrons. The van der Waals surface area contributed by atoms with Crippen molar-refractivity contribution in [2.45, 2.75) is 6.43 Å². The van der Waals surface area contributed by atoms with Crippen molar-refractivity contribution in [3.63, 3.8) is 0 Å². The van der Waals surface area contributed by atoms with Crippen LogP contribution in [0.25, 0.3) is 5.69 Å². The van der Waals surface area contributed by atoms with Crippen LogP contribution in [0.15, 0.2) is 36.5 Å². The van der Waals surface area contributed by atoms with Crippen LogP contribution in [0.3, 0.4) is 0 Å². The molecule has 0 atom stereocenters. The monoisotopic (exact) mass is 228 g/mol. The SMILES string of the molecule is FC(F)c1cnn(-c2ccccc2)c1Cl. The van der Waals surface area contributed by atoms with Crippen molar-refractivity contribution in [3.8, 4) is 5.69 Å². The summed E-state index contributed by atoms with van der Waals surface area (Å²) in [6, 6.07) is 8.89. The zero-order chi connectivity index (χ0) is 10.8. The van der Waals surface area contributed by atoms with Gasteiger partial charge in [-0.3, -0.25) is 0 Å². The van der Waals surface area contributed by atoms with Crippen molar-refractivity contribution in [1.82, 2.24) is 9.78 Å². The van der Waals surface area contributed by atoms with Gasteiger partial charge < -0.3 is 0 Å². The molecule has 1 heterocycles. The standard InChI is InChI=1S/C10H7ClF2N2/c11-9-8(10(12)13)6-14-15(9)7-4-2-1-3-5-7/h1-6,10H. The van der Waals surface area contributed by atoms with Gasteiger partial charge in [0.1, 0.15) is 5.15 Å². The van der Waals surface area contributed by atoms with Crippen molar-refractivity contribution in [2.24, 2.45) is 0 Å². The van der Waals surface area contributed by atoms with Crippen LogP contribution in [-0.2, 0) is 0 Å². The van der Waals surface area contributed by atoms with Gasteiger partial charge in [0.05, 0.1) is 17.4 Å². The number of rotatable bonds is 2. The van der Waals surface area contributed by atoms with Gasteiger partial charge in [-0.1, -0.05) is 29.8 Å². The van der Waals surface area contributed by atoms with Crippen LogP contribution < -0.4 is 0 Å². The molecule has 0 aliphatic carbocycles. The van der Waals surface area contributed by atoms with Gasteiger partial charge in [0.15, 0.2) is 0 Å². The lowest BCUT2D eigenvalue weighted by Crippen LogP contribution is -1.95. The summed E-state index contributed by atoms with van der Waals surface area (Å²) in [6.07, 6.45) is -1.52. The maximum absolute atomic E-state index is 12.4. The van der Waals surface area contributed by atoms with Crippen LogP contribution in [-0.4, -0.2) is 9.78 Å². The van der Waals surface area contributed by atoms with Crippen molar-refractivity contribution >= 4 is 11.6 Å². The minimum Gasteiger partial charge on any atom is -0.222 e. The molecule has 0 saturated carbocycles. The molecule has 2 aromatic rings. The van der Waals surface area contributed by atoms with E-state index in [1.54, 1.807) is 24.3 Å². The molecule has 2 rings (SSSR count). The Labute approximate surface area is 90.1 Å². The summed E-state index contributed by atoms with van der Waals surface area (Å²) in [5.74, 6) is 0. The number of hydrogen-bond acceptors (Lipinski definition) is 1. The predicted molar refractivity (Wildman–Crippen MR) is 53.5 cm³/mol. The summed E-state index contributed by atoms with van der Waals surface area (Å²) in [6.45, 7) is 0. The molecule has 0 N–H and O–H groups in total. The smallest absolute Gasteiger partial charge is 0.222 e. The average molecular weight is 229 g/mol. The molecule has 0 aliphatic heterocycles. The van der Waals surface area contributed by atoms with Crippen molar-refractivity contribution in [3.05, 3.63) is 47.2 Å². The number of para-hydroxylation sites is 1. The van der Waals surface area contributed by atoms with E-state index in [2.05, 4.69) is 5.10 Å². The number of alkyl halides is 2. The van der Waals surface area contributed by atoms with Crippen LogP contribution in [0.5, 0.6) is 0 Å². The molecule has 5 heteroatoms. The fourth-order valence-corrected chi connectivity index (χ4v) is 1.51. The summed E-state index contributed by atoms with van der Waals surface area (Å²) in [5.41, 5.74) is 0.412. The zero-order valence-corrected chi connectivity index (χ0v) is 8.33. The van der Waals surface area contributed by atoms with Crippen molar-refractivity contribution < 1.29 is 8.78 Å². The van der Waals surface area contributed by atoms with Gasteiger partial charge in [0, 0.05) is 0 Å². The Kier molecular flexibility index (Phi) is 2.68. The van der Waals surface area contributed by atoms with Gasteiger partial charge in [0.2, 0.25) is 0 Å². The number of nitrogens with zero attached hydrogens (tertiary/aromatic N) is 2. The van der Waals surface area contributed by atoms with E-state index in [-0.39, 0.29) is 10.7 Å². The third-order valence-electron chi connectivity index (χ3n) is 1.97. The van der Waals surface area contributed by atoms with Crippen LogP contribution >= 0.6 is 11.6 Å². The number of aromatic nitrogens is 2. The first-order valence-electron chi connectivity index (χ1n) is 4.27. The molecule has 0 unspecified atom stereocenters. The van der Waals surface area contributed by atoms with Crippen LogP contribution in [0.1, 0.15) is 12.0 Å². The molecule has 0 aliphatic rings. The Morgan fingerprint density at radius 1 is 1.20 bits per heavy atom. The normalized spacial score (nSPS) is 10.9. The molecular formula is C10H7ClF2N2. The summed E-state index contributed by atoms with van der Waals surface area (Å²) in [4.78, 5) is 0. The molecule has 0 spiro atoms. The Balaban J connectivity index is 2.47. The first-order chi connectivity index (χ1) is 7.20. The summed E-state index contributed by atoms with van der Waals surface area (Å²) in [7, 11) is 0. The molecule has 1 aromatic carbocycles. The molecular weight excluding hydrogens is 222 g/mol. The van der Waals surface area contributed by atoms with E-state index in [0.29, 0.717) is 5.69 Å². The Morgan fingerprint density at radius 2 is 1.87 bits per heavy atom. The van der Waals surface area contributed by atoms with E-state index >= 15 is 0 Å². The second kappa shape index (κ2) is 3.98.